The SMILES string of the molecule is SCCCCCCCCCCC[n+]1ccc(-c2cc[n+](CCCCCCCCCCCS)cc2)cc1. The third-order valence-corrected chi connectivity index (χ3v) is 7.90. The van der Waals surface area contributed by atoms with E-state index in [-0.39, 0.29) is 0 Å². The highest BCUT2D eigenvalue weighted by atomic mass is 32.1. The topological polar surface area (TPSA) is 7.76 Å². The number of rotatable bonds is 23. The highest BCUT2D eigenvalue weighted by molar-refractivity contribution is 7.80. The van der Waals surface area contributed by atoms with Gasteiger partial charge in [-0.2, -0.15) is 25.3 Å². The van der Waals surface area contributed by atoms with Gasteiger partial charge in [0.05, 0.1) is 0 Å². The molecule has 0 atom stereocenters. The van der Waals surface area contributed by atoms with Crippen LogP contribution in [0.25, 0.3) is 11.1 Å². The first-order valence-electron chi connectivity index (χ1n) is 15.0. The summed E-state index contributed by atoms with van der Waals surface area (Å²) in [5.41, 5.74) is 2.62. The smallest absolute Gasteiger partial charge is 0.169 e. The van der Waals surface area contributed by atoms with Crippen molar-refractivity contribution in [3.63, 3.8) is 0 Å². The van der Waals surface area contributed by atoms with Crippen LogP contribution in [-0.4, -0.2) is 11.5 Å². The maximum absolute atomic E-state index is 4.28. The second kappa shape index (κ2) is 22.0. The molecule has 2 aromatic rings. The van der Waals surface area contributed by atoms with Crippen LogP contribution in [0.5, 0.6) is 0 Å². The quantitative estimate of drug-likeness (QED) is 0.0806. The fraction of sp³-hybridized carbons (Fsp3) is 0.688. The average Bonchev–Trinajstić information content (AvgIpc) is 2.91. The lowest BCUT2D eigenvalue weighted by atomic mass is 10.1. The van der Waals surface area contributed by atoms with Crippen LogP contribution in [0.4, 0.5) is 0 Å². The highest BCUT2D eigenvalue weighted by Gasteiger charge is 2.06. The van der Waals surface area contributed by atoms with E-state index in [4.69, 9.17) is 0 Å². The van der Waals surface area contributed by atoms with Crippen LogP contribution in [0.1, 0.15) is 116 Å². The maximum atomic E-state index is 4.28. The number of unbranched alkanes of at least 4 members (excludes halogenated alkanes) is 16. The number of thiol groups is 2. The fourth-order valence-electron chi connectivity index (χ4n) is 4.88. The minimum atomic E-state index is 1.04. The molecular formula is C32H54N2S2+2. The number of hydrogen-bond acceptors (Lipinski definition) is 2. The summed E-state index contributed by atoms with van der Waals surface area (Å²) in [6, 6.07) is 9.07. The zero-order valence-corrected chi connectivity index (χ0v) is 24.8. The highest BCUT2D eigenvalue weighted by Crippen LogP contribution is 2.16. The monoisotopic (exact) mass is 530 g/mol. The second-order valence-electron chi connectivity index (χ2n) is 10.5. The van der Waals surface area contributed by atoms with Gasteiger partial charge in [0.25, 0.3) is 0 Å². The van der Waals surface area contributed by atoms with Crippen LogP contribution in [0.3, 0.4) is 0 Å². The molecule has 0 aliphatic rings. The Morgan fingerprint density at radius 2 is 0.611 bits per heavy atom. The number of aromatic nitrogens is 2. The molecule has 0 aliphatic heterocycles. The van der Waals surface area contributed by atoms with Crippen molar-refractivity contribution in [3.8, 4) is 11.1 Å². The summed E-state index contributed by atoms with van der Waals surface area (Å²) in [5.74, 6) is 2.09. The van der Waals surface area contributed by atoms with Gasteiger partial charge in [-0.25, -0.2) is 9.13 Å². The van der Waals surface area contributed by atoms with Crippen molar-refractivity contribution >= 4 is 25.3 Å². The Bertz CT molecular complexity index is 680. The van der Waals surface area contributed by atoms with E-state index in [1.807, 2.05) is 0 Å². The second-order valence-corrected chi connectivity index (χ2v) is 11.4. The molecular weight excluding hydrogens is 477 g/mol. The number of hydrogen-bond donors (Lipinski definition) is 2. The van der Waals surface area contributed by atoms with Gasteiger partial charge >= 0.3 is 0 Å². The van der Waals surface area contributed by atoms with Crippen LogP contribution >= 0.6 is 25.3 Å². The molecule has 0 saturated heterocycles. The van der Waals surface area contributed by atoms with Gasteiger partial charge in [0, 0.05) is 37.1 Å². The lowest BCUT2D eigenvalue weighted by Gasteiger charge is -2.03. The molecule has 202 valence electrons. The van der Waals surface area contributed by atoms with Crippen LogP contribution in [-0.2, 0) is 13.1 Å². The molecule has 0 amide bonds. The zero-order chi connectivity index (χ0) is 25.5. The number of pyridine rings is 2. The van der Waals surface area contributed by atoms with Crippen molar-refractivity contribution in [2.45, 2.75) is 129 Å². The molecule has 2 nitrogen and oxygen atoms in total. The molecule has 2 heterocycles. The summed E-state index contributed by atoms with van der Waals surface area (Å²) in [6.07, 6.45) is 33.5. The van der Waals surface area contributed by atoms with Gasteiger partial charge in [0.1, 0.15) is 13.1 Å². The largest absolute Gasteiger partial charge is 0.205 e. The number of aryl methyl sites for hydroxylation is 2. The summed E-state index contributed by atoms with van der Waals surface area (Å²) in [6.45, 7) is 2.26. The van der Waals surface area contributed by atoms with E-state index in [2.05, 4.69) is 83.4 Å². The van der Waals surface area contributed by atoms with E-state index < -0.39 is 0 Å². The Labute approximate surface area is 234 Å². The Morgan fingerprint density at radius 3 is 0.889 bits per heavy atom. The Balaban J connectivity index is 1.53. The minimum Gasteiger partial charge on any atom is -0.205 e. The fourth-order valence-corrected chi connectivity index (χ4v) is 5.33. The molecule has 2 aromatic heterocycles. The molecule has 0 unspecified atom stereocenters. The number of nitrogens with zero attached hydrogens (tertiary/aromatic N) is 2. The molecule has 0 bridgehead atoms. The van der Waals surface area contributed by atoms with Gasteiger partial charge in [0.2, 0.25) is 0 Å². The van der Waals surface area contributed by atoms with Crippen LogP contribution in [0.15, 0.2) is 49.1 Å². The summed E-state index contributed by atoms with van der Waals surface area (Å²) in [7, 11) is 0. The third kappa shape index (κ3) is 15.3. The normalized spacial score (nSPS) is 11.3. The van der Waals surface area contributed by atoms with E-state index in [1.165, 1.54) is 127 Å². The van der Waals surface area contributed by atoms with Crippen molar-refractivity contribution in [3.05, 3.63) is 49.1 Å². The minimum absolute atomic E-state index is 1.04. The standard InChI is InChI=1S/C32H52N2S2/c35-29-17-13-9-5-1-3-7-11-15-23-33-25-19-31(20-26-33)32-21-27-34(28-22-32)24-16-12-8-4-2-6-10-14-18-30-36/h19-22,25-28H,1-18,23-24,29-30H2/p+2. The van der Waals surface area contributed by atoms with E-state index >= 15 is 0 Å². The van der Waals surface area contributed by atoms with E-state index in [9.17, 15) is 0 Å². The van der Waals surface area contributed by atoms with E-state index in [0.29, 0.717) is 0 Å². The first-order valence-corrected chi connectivity index (χ1v) is 16.3. The van der Waals surface area contributed by atoms with Gasteiger partial charge in [-0.15, -0.1) is 0 Å². The van der Waals surface area contributed by atoms with Gasteiger partial charge in [-0.05, 0) is 48.3 Å². The summed E-state index contributed by atoms with van der Waals surface area (Å²) < 4.78 is 4.68. The predicted molar refractivity (Wildman–Crippen MR) is 163 cm³/mol. The summed E-state index contributed by atoms with van der Waals surface area (Å²) in [4.78, 5) is 0. The third-order valence-electron chi connectivity index (χ3n) is 7.26. The Morgan fingerprint density at radius 1 is 0.361 bits per heavy atom. The molecule has 0 N–H and O–H groups in total. The van der Waals surface area contributed by atoms with Gasteiger partial charge in [-0.1, -0.05) is 77.0 Å². The van der Waals surface area contributed by atoms with Gasteiger partial charge in [-0.3, -0.25) is 0 Å². The summed E-state index contributed by atoms with van der Waals surface area (Å²) >= 11 is 8.57. The van der Waals surface area contributed by atoms with Crippen LogP contribution in [0.2, 0.25) is 0 Å². The molecule has 0 spiro atoms. The molecule has 2 rings (SSSR count). The van der Waals surface area contributed by atoms with Crippen molar-refractivity contribution in [1.82, 2.24) is 0 Å². The predicted octanol–water partition coefficient (Wildman–Crippen LogP) is 8.81. The zero-order valence-electron chi connectivity index (χ0n) is 23.0. The molecule has 0 radical (unpaired) electrons. The van der Waals surface area contributed by atoms with Crippen molar-refractivity contribution in [2.75, 3.05) is 11.5 Å². The first kappa shape index (κ1) is 31.2. The van der Waals surface area contributed by atoms with E-state index in [1.54, 1.807) is 0 Å². The van der Waals surface area contributed by atoms with Crippen LogP contribution in [0, 0.1) is 0 Å². The van der Waals surface area contributed by atoms with Crippen molar-refractivity contribution < 1.29 is 9.13 Å². The first-order chi connectivity index (χ1) is 17.8. The van der Waals surface area contributed by atoms with Crippen molar-refractivity contribution in [1.29, 1.82) is 0 Å². The molecule has 0 fully saturated rings. The maximum Gasteiger partial charge on any atom is 0.169 e. The Kier molecular flexibility index (Phi) is 19.1. The lowest BCUT2D eigenvalue weighted by Crippen LogP contribution is -2.33. The van der Waals surface area contributed by atoms with Gasteiger partial charge < -0.3 is 0 Å². The Hall–Kier alpha value is -1.00. The average molecular weight is 531 g/mol. The van der Waals surface area contributed by atoms with E-state index in [0.717, 1.165) is 24.6 Å². The van der Waals surface area contributed by atoms with Crippen LogP contribution < -0.4 is 9.13 Å². The molecule has 0 saturated carbocycles. The molecule has 4 heteroatoms. The molecule has 0 aromatic carbocycles. The molecule has 0 aliphatic carbocycles. The molecule has 36 heavy (non-hydrogen) atoms. The lowest BCUT2D eigenvalue weighted by molar-refractivity contribution is -0.697. The summed E-state index contributed by atoms with van der Waals surface area (Å²) in [5, 5.41) is 0. The van der Waals surface area contributed by atoms with Gasteiger partial charge in [0.15, 0.2) is 24.8 Å². The van der Waals surface area contributed by atoms with Crippen molar-refractivity contribution in [2.24, 2.45) is 0 Å².